The van der Waals surface area contributed by atoms with Gasteiger partial charge in [-0.25, -0.2) is 0 Å². The van der Waals surface area contributed by atoms with E-state index in [4.69, 9.17) is 5.11 Å². The van der Waals surface area contributed by atoms with Gasteiger partial charge in [0.15, 0.2) is 0 Å². The molecular weight excluding hydrogens is 204 g/mol. The fourth-order valence-corrected chi connectivity index (χ4v) is 1.61. The SMILES string of the molecule is CC(C)Cc1ccc([C@H](C=O)C(=O)O)cc1. The Morgan fingerprint density at radius 1 is 1.31 bits per heavy atom. The molecule has 0 heterocycles. The average molecular weight is 220 g/mol. The van der Waals surface area contributed by atoms with E-state index in [9.17, 15) is 9.59 Å². The van der Waals surface area contributed by atoms with Crippen molar-refractivity contribution in [2.45, 2.75) is 26.2 Å². The van der Waals surface area contributed by atoms with Crippen LogP contribution in [0.5, 0.6) is 0 Å². The van der Waals surface area contributed by atoms with E-state index in [1.54, 1.807) is 12.1 Å². The van der Waals surface area contributed by atoms with Crippen LogP contribution in [0.15, 0.2) is 24.3 Å². The van der Waals surface area contributed by atoms with Gasteiger partial charge in [0.05, 0.1) is 0 Å². The summed E-state index contributed by atoms with van der Waals surface area (Å²) in [4.78, 5) is 21.4. The van der Waals surface area contributed by atoms with Gasteiger partial charge in [0.2, 0.25) is 0 Å². The van der Waals surface area contributed by atoms with Gasteiger partial charge in [-0.15, -0.1) is 0 Å². The third-order valence-corrected chi connectivity index (χ3v) is 2.38. The van der Waals surface area contributed by atoms with Crippen molar-refractivity contribution < 1.29 is 14.7 Å². The van der Waals surface area contributed by atoms with Crippen molar-refractivity contribution in [3.63, 3.8) is 0 Å². The van der Waals surface area contributed by atoms with Crippen molar-refractivity contribution >= 4 is 12.3 Å². The molecule has 1 N–H and O–H groups in total. The lowest BCUT2D eigenvalue weighted by Crippen LogP contribution is -2.12. The summed E-state index contributed by atoms with van der Waals surface area (Å²) in [5.41, 5.74) is 1.70. The van der Waals surface area contributed by atoms with Crippen LogP contribution >= 0.6 is 0 Å². The summed E-state index contributed by atoms with van der Waals surface area (Å²) in [6.07, 6.45) is 1.42. The summed E-state index contributed by atoms with van der Waals surface area (Å²) in [6, 6.07) is 7.19. The van der Waals surface area contributed by atoms with Crippen molar-refractivity contribution in [2.24, 2.45) is 5.92 Å². The summed E-state index contributed by atoms with van der Waals surface area (Å²) in [5.74, 6) is -1.59. The van der Waals surface area contributed by atoms with Crippen LogP contribution in [0.3, 0.4) is 0 Å². The van der Waals surface area contributed by atoms with E-state index >= 15 is 0 Å². The highest BCUT2D eigenvalue weighted by Crippen LogP contribution is 2.16. The maximum Gasteiger partial charge on any atom is 0.318 e. The van der Waals surface area contributed by atoms with E-state index in [1.165, 1.54) is 0 Å². The number of carboxylic acids is 1. The Kier molecular flexibility index (Phi) is 4.23. The van der Waals surface area contributed by atoms with Crippen LogP contribution in [-0.2, 0) is 16.0 Å². The van der Waals surface area contributed by atoms with Crippen LogP contribution in [0, 0.1) is 5.92 Å². The highest BCUT2D eigenvalue weighted by Gasteiger charge is 2.18. The van der Waals surface area contributed by atoms with E-state index in [0.717, 1.165) is 12.0 Å². The Balaban J connectivity index is 2.85. The van der Waals surface area contributed by atoms with Crippen LogP contribution in [0.1, 0.15) is 30.9 Å². The molecule has 0 spiro atoms. The molecular formula is C13H16O3. The number of hydrogen-bond donors (Lipinski definition) is 1. The zero-order chi connectivity index (χ0) is 12.1. The number of rotatable bonds is 5. The summed E-state index contributed by atoms with van der Waals surface area (Å²) in [6.45, 7) is 4.25. The molecule has 0 radical (unpaired) electrons. The van der Waals surface area contributed by atoms with Gasteiger partial charge in [-0.1, -0.05) is 38.1 Å². The molecule has 0 aromatic heterocycles. The maximum absolute atomic E-state index is 10.8. The molecule has 0 aliphatic heterocycles. The van der Waals surface area contributed by atoms with Gasteiger partial charge in [0.25, 0.3) is 0 Å². The van der Waals surface area contributed by atoms with Gasteiger partial charge < -0.3 is 9.90 Å². The zero-order valence-electron chi connectivity index (χ0n) is 9.51. The Morgan fingerprint density at radius 2 is 1.88 bits per heavy atom. The third-order valence-electron chi connectivity index (χ3n) is 2.38. The largest absolute Gasteiger partial charge is 0.480 e. The summed E-state index contributed by atoms with van der Waals surface area (Å²) < 4.78 is 0. The first-order valence-electron chi connectivity index (χ1n) is 5.31. The molecule has 0 saturated heterocycles. The second-order valence-corrected chi connectivity index (χ2v) is 4.29. The molecule has 1 aromatic rings. The molecule has 86 valence electrons. The monoisotopic (exact) mass is 220 g/mol. The van der Waals surface area contributed by atoms with Crippen molar-refractivity contribution in [2.75, 3.05) is 0 Å². The zero-order valence-corrected chi connectivity index (χ0v) is 9.51. The smallest absolute Gasteiger partial charge is 0.318 e. The Hall–Kier alpha value is -1.64. The molecule has 1 atom stereocenters. The number of hydrogen-bond acceptors (Lipinski definition) is 2. The van der Waals surface area contributed by atoms with E-state index < -0.39 is 11.9 Å². The molecule has 0 unspecified atom stereocenters. The van der Waals surface area contributed by atoms with Crippen LogP contribution in [-0.4, -0.2) is 17.4 Å². The molecule has 1 rings (SSSR count). The minimum atomic E-state index is -1.10. The van der Waals surface area contributed by atoms with Crippen molar-refractivity contribution in [3.05, 3.63) is 35.4 Å². The molecule has 16 heavy (non-hydrogen) atoms. The van der Waals surface area contributed by atoms with Crippen LogP contribution in [0.4, 0.5) is 0 Å². The fraction of sp³-hybridized carbons (Fsp3) is 0.385. The van der Waals surface area contributed by atoms with Crippen LogP contribution < -0.4 is 0 Å². The fourth-order valence-electron chi connectivity index (χ4n) is 1.61. The molecule has 0 aliphatic rings. The normalized spacial score (nSPS) is 12.4. The van der Waals surface area contributed by atoms with Gasteiger partial charge in [-0.3, -0.25) is 4.79 Å². The number of carbonyl (C=O) groups excluding carboxylic acids is 1. The van der Waals surface area contributed by atoms with Crippen LogP contribution in [0.2, 0.25) is 0 Å². The standard InChI is InChI=1S/C13H16O3/c1-9(2)7-10-3-5-11(6-4-10)12(8-14)13(15)16/h3-6,8-9,12H,7H2,1-2H3,(H,15,16)/t12-/m0/s1. The Morgan fingerprint density at radius 3 is 2.25 bits per heavy atom. The number of carbonyl (C=O) groups is 2. The second-order valence-electron chi connectivity index (χ2n) is 4.29. The molecule has 1 aromatic carbocycles. The van der Waals surface area contributed by atoms with E-state index in [2.05, 4.69) is 13.8 Å². The number of carboxylic acid groups (broad SMARTS) is 1. The first-order valence-corrected chi connectivity index (χ1v) is 5.31. The lowest BCUT2D eigenvalue weighted by Gasteiger charge is -2.08. The molecule has 0 amide bonds. The molecule has 0 bridgehead atoms. The molecule has 3 heteroatoms. The maximum atomic E-state index is 10.8. The van der Waals surface area contributed by atoms with Crippen molar-refractivity contribution in [1.29, 1.82) is 0 Å². The molecule has 0 fully saturated rings. The average Bonchev–Trinajstić information content (AvgIpc) is 2.20. The van der Waals surface area contributed by atoms with Gasteiger partial charge in [-0.05, 0) is 23.5 Å². The van der Waals surface area contributed by atoms with Gasteiger partial charge in [-0.2, -0.15) is 0 Å². The highest BCUT2D eigenvalue weighted by atomic mass is 16.4. The number of benzene rings is 1. The van der Waals surface area contributed by atoms with Gasteiger partial charge in [0.1, 0.15) is 12.2 Å². The van der Waals surface area contributed by atoms with E-state index in [0.29, 0.717) is 17.8 Å². The summed E-state index contributed by atoms with van der Waals surface area (Å²) >= 11 is 0. The molecule has 0 aliphatic carbocycles. The summed E-state index contributed by atoms with van der Waals surface area (Å²) in [7, 11) is 0. The first-order chi connectivity index (χ1) is 7.54. The number of aliphatic carboxylic acids is 1. The first kappa shape index (κ1) is 12.4. The lowest BCUT2D eigenvalue weighted by molar-refractivity contribution is -0.140. The van der Waals surface area contributed by atoms with Gasteiger partial charge >= 0.3 is 5.97 Å². The topological polar surface area (TPSA) is 54.4 Å². The Labute approximate surface area is 95.1 Å². The van der Waals surface area contributed by atoms with E-state index in [1.807, 2.05) is 12.1 Å². The predicted octanol–water partition coefficient (Wildman–Crippen LogP) is 2.25. The number of aldehydes is 1. The third kappa shape index (κ3) is 3.19. The Bertz CT molecular complexity index is 365. The lowest BCUT2D eigenvalue weighted by atomic mass is 9.97. The van der Waals surface area contributed by atoms with Crippen molar-refractivity contribution in [1.82, 2.24) is 0 Å². The highest BCUT2D eigenvalue weighted by molar-refractivity contribution is 5.92. The minimum absolute atomic E-state index is 0.458. The quantitative estimate of drug-likeness (QED) is 0.611. The summed E-state index contributed by atoms with van der Waals surface area (Å²) in [5, 5.41) is 8.81. The second kappa shape index (κ2) is 5.45. The van der Waals surface area contributed by atoms with Gasteiger partial charge in [0, 0.05) is 0 Å². The molecule has 0 saturated carbocycles. The predicted molar refractivity (Wildman–Crippen MR) is 61.4 cm³/mol. The van der Waals surface area contributed by atoms with Crippen LogP contribution in [0.25, 0.3) is 0 Å². The minimum Gasteiger partial charge on any atom is -0.480 e. The molecule has 3 nitrogen and oxygen atoms in total. The van der Waals surface area contributed by atoms with Crippen molar-refractivity contribution in [3.8, 4) is 0 Å². The van der Waals surface area contributed by atoms with E-state index in [-0.39, 0.29) is 0 Å².